The van der Waals surface area contributed by atoms with Gasteiger partial charge in [-0.25, -0.2) is 0 Å². The second kappa shape index (κ2) is 4.63. The zero-order chi connectivity index (χ0) is 12.6. The Kier molecular flexibility index (Phi) is 3.35. The molecule has 0 fully saturated rings. The van der Waals surface area contributed by atoms with E-state index < -0.39 is 0 Å². The standard InChI is InChI=1S/C13H12BrNOS/c1-7-5-9(3-4-11(7)15)13(16)12-6-10(14)8(2)17-12/h3-6H,15H2,1-2H3. The Bertz CT molecular complexity index is 570. The van der Waals surface area contributed by atoms with Crippen LogP contribution in [-0.2, 0) is 0 Å². The van der Waals surface area contributed by atoms with Crippen LogP contribution in [0.15, 0.2) is 28.7 Å². The van der Waals surface area contributed by atoms with Crippen molar-refractivity contribution in [1.82, 2.24) is 0 Å². The lowest BCUT2D eigenvalue weighted by atomic mass is 10.1. The lowest BCUT2D eigenvalue weighted by Gasteiger charge is -2.02. The molecule has 1 aromatic heterocycles. The van der Waals surface area contributed by atoms with Gasteiger partial charge in [0.15, 0.2) is 0 Å². The average Bonchev–Trinajstić information content (AvgIpc) is 2.62. The SMILES string of the molecule is Cc1cc(C(=O)c2cc(Br)c(C)s2)ccc1N. The number of carbonyl (C=O) groups is 1. The van der Waals surface area contributed by atoms with Crippen molar-refractivity contribution in [2.24, 2.45) is 0 Å². The fourth-order valence-electron chi connectivity index (χ4n) is 1.53. The van der Waals surface area contributed by atoms with E-state index in [9.17, 15) is 4.79 Å². The van der Waals surface area contributed by atoms with Crippen LogP contribution in [0, 0.1) is 13.8 Å². The predicted octanol–water partition coefficient (Wildman–Crippen LogP) is 3.94. The molecule has 0 spiro atoms. The summed E-state index contributed by atoms with van der Waals surface area (Å²) in [5.74, 6) is 0.0481. The molecule has 0 unspecified atom stereocenters. The molecule has 1 aromatic carbocycles. The van der Waals surface area contributed by atoms with Gasteiger partial charge >= 0.3 is 0 Å². The molecule has 0 aliphatic heterocycles. The summed E-state index contributed by atoms with van der Waals surface area (Å²) < 4.78 is 0.984. The number of nitrogen functional groups attached to an aromatic ring is 1. The van der Waals surface area contributed by atoms with Crippen LogP contribution in [0.25, 0.3) is 0 Å². The molecule has 0 saturated heterocycles. The van der Waals surface area contributed by atoms with Crippen LogP contribution in [0.4, 0.5) is 5.69 Å². The Labute approximate surface area is 113 Å². The Morgan fingerprint density at radius 3 is 2.53 bits per heavy atom. The van der Waals surface area contributed by atoms with E-state index in [4.69, 9.17) is 5.73 Å². The third-order valence-corrected chi connectivity index (χ3v) is 4.75. The first-order valence-corrected chi connectivity index (χ1v) is 6.76. The zero-order valence-corrected chi connectivity index (χ0v) is 12.0. The molecule has 0 saturated carbocycles. The van der Waals surface area contributed by atoms with Crippen LogP contribution < -0.4 is 5.73 Å². The van der Waals surface area contributed by atoms with Gasteiger partial charge in [-0.3, -0.25) is 4.79 Å². The minimum absolute atomic E-state index is 0.0481. The Hall–Kier alpha value is -1.13. The van der Waals surface area contributed by atoms with Gasteiger partial charge in [0, 0.05) is 20.6 Å². The summed E-state index contributed by atoms with van der Waals surface area (Å²) in [6, 6.07) is 7.25. The van der Waals surface area contributed by atoms with E-state index in [1.807, 2.05) is 26.0 Å². The van der Waals surface area contributed by atoms with Crippen molar-refractivity contribution in [3.8, 4) is 0 Å². The van der Waals surface area contributed by atoms with Gasteiger partial charge in [0.25, 0.3) is 0 Å². The monoisotopic (exact) mass is 309 g/mol. The number of nitrogens with two attached hydrogens (primary N) is 1. The molecule has 88 valence electrons. The fourth-order valence-corrected chi connectivity index (χ4v) is 3.03. The summed E-state index contributed by atoms with van der Waals surface area (Å²) in [6.45, 7) is 3.89. The van der Waals surface area contributed by atoms with Crippen molar-refractivity contribution >= 4 is 38.7 Å². The maximum Gasteiger partial charge on any atom is 0.203 e. The predicted molar refractivity (Wildman–Crippen MR) is 75.8 cm³/mol. The van der Waals surface area contributed by atoms with Gasteiger partial charge in [-0.1, -0.05) is 0 Å². The van der Waals surface area contributed by atoms with Crippen molar-refractivity contribution in [2.75, 3.05) is 5.73 Å². The van der Waals surface area contributed by atoms with Crippen LogP contribution >= 0.6 is 27.3 Å². The third-order valence-electron chi connectivity index (χ3n) is 2.61. The van der Waals surface area contributed by atoms with Crippen LogP contribution in [0.3, 0.4) is 0 Å². The van der Waals surface area contributed by atoms with E-state index in [2.05, 4.69) is 15.9 Å². The number of rotatable bonds is 2. The van der Waals surface area contributed by atoms with E-state index in [0.717, 1.165) is 19.8 Å². The third kappa shape index (κ3) is 2.42. The van der Waals surface area contributed by atoms with E-state index in [1.165, 1.54) is 11.3 Å². The highest BCUT2D eigenvalue weighted by molar-refractivity contribution is 9.10. The van der Waals surface area contributed by atoms with Crippen LogP contribution in [0.2, 0.25) is 0 Å². The summed E-state index contributed by atoms with van der Waals surface area (Å²) in [5, 5.41) is 0. The number of anilines is 1. The number of aryl methyl sites for hydroxylation is 2. The van der Waals surface area contributed by atoms with Gasteiger partial charge < -0.3 is 5.73 Å². The Balaban J connectivity index is 2.40. The van der Waals surface area contributed by atoms with E-state index in [-0.39, 0.29) is 5.78 Å². The quantitative estimate of drug-likeness (QED) is 0.674. The molecule has 0 radical (unpaired) electrons. The maximum absolute atomic E-state index is 12.2. The summed E-state index contributed by atoms with van der Waals surface area (Å²) in [6.07, 6.45) is 0. The Morgan fingerprint density at radius 1 is 1.29 bits per heavy atom. The number of hydrogen-bond acceptors (Lipinski definition) is 3. The van der Waals surface area contributed by atoms with Crippen molar-refractivity contribution in [2.45, 2.75) is 13.8 Å². The number of carbonyl (C=O) groups excluding carboxylic acids is 1. The maximum atomic E-state index is 12.2. The number of ketones is 1. The van der Waals surface area contributed by atoms with Gasteiger partial charge in [-0.2, -0.15) is 0 Å². The first-order valence-electron chi connectivity index (χ1n) is 5.16. The van der Waals surface area contributed by atoms with Crippen molar-refractivity contribution in [3.05, 3.63) is 49.6 Å². The highest BCUT2D eigenvalue weighted by Gasteiger charge is 2.13. The van der Waals surface area contributed by atoms with Crippen molar-refractivity contribution in [3.63, 3.8) is 0 Å². The molecule has 0 atom stereocenters. The highest BCUT2D eigenvalue weighted by Crippen LogP contribution is 2.28. The van der Waals surface area contributed by atoms with Crippen molar-refractivity contribution < 1.29 is 4.79 Å². The molecule has 1 heterocycles. The van der Waals surface area contributed by atoms with E-state index in [0.29, 0.717) is 11.3 Å². The summed E-state index contributed by atoms with van der Waals surface area (Å²) in [7, 11) is 0. The minimum atomic E-state index is 0.0481. The van der Waals surface area contributed by atoms with Crippen LogP contribution in [-0.4, -0.2) is 5.78 Å². The molecule has 0 bridgehead atoms. The first kappa shape index (κ1) is 12.3. The second-order valence-corrected chi connectivity index (χ2v) is 6.03. The molecule has 0 amide bonds. The topological polar surface area (TPSA) is 43.1 Å². The molecule has 0 aliphatic rings. The normalized spacial score (nSPS) is 10.5. The summed E-state index contributed by atoms with van der Waals surface area (Å²) in [5.41, 5.74) is 8.07. The number of hydrogen-bond donors (Lipinski definition) is 1. The lowest BCUT2D eigenvalue weighted by Crippen LogP contribution is -2.00. The van der Waals surface area contributed by atoms with Gasteiger partial charge in [-0.15, -0.1) is 11.3 Å². The van der Waals surface area contributed by atoms with E-state index in [1.54, 1.807) is 12.1 Å². The summed E-state index contributed by atoms with van der Waals surface area (Å²) in [4.78, 5) is 14.1. The molecule has 2 N–H and O–H groups in total. The molecule has 4 heteroatoms. The van der Waals surface area contributed by atoms with Gasteiger partial charge in [0.05, 0.1) is 4.88 Å². The molecule has 2 rings (SSSR count). The molecule has 2 nitrogen and oxygen atoms in total. The van der Waals surface area contributed by atoms with Crippen LogP contribution in [0.5, 0.6) is 0 Å². The van der Waals surface area contributed by atoms with Gasteiger partial charge in [-0.05, 0) is 59.6 Å². The fraction of sp³-hybridized carbons (Fsp3) is 0.154. The van der Waals surface area contributed by atoms with Crippen LogP contribution in [0.1, 0.15) is 25.7 Å². The largest absolute Gasteiger partial charge is 0.399 e. The molecule has 0 aliphatic carbocycles. The average molecular weight is 310 g/mol. The van der Waals surface area contributed by atoms with Crippen molar-refractivity contribution in [1.29, 1.82) is 0 Å². The molecular weight excluding hydrogens is 298 g/mol. The molecule has 2 aromatic rings. The van der Waals surface area contributed by atoms with Gasteiger partial charge in [0.1, 0.15) is 0 Å². The number of thiophene rings is 1. The van der Waals surface area contributed by atoms with Gasteiger partial charge in [0.2, 0.25) is 5.78 Å². The smallest absolute Gasteiger partial charge is 0.203 e. The van der Waals surface area contributed by atoms with E-state index >= 15 is 0 Å². The Morgan fingerprint density at radius 2 is 2.00 bits per heavy atom. The minimum Gasteiger partial charge on any atom is -0.399 e. The number of halogens is 1. The molecular formula is C13H12BrNOS. The zero-order valence-electron chi connectivity index (χ0n) is 9.58. The lowest BCUT2D eigenvalue weighted by molar-refractivity contribution is 0.104. The molecule has 17 heavy (non-hydrogen) atoms. The highest BCUT2D eigenvalue weighted by atomic mass is 79.9. The summed E-state index contributed by atoms with van der Waals surface area (Å²) >= 11 is 4.92. The second-order valence-electron chi connectivity index (χ2n) is 3.92. The first-order chi connectivity index (χ1) is 7.99. The number of benzene rings is 1.